The van der Waals surface area contributed by atoms with Gasteiger partial charge < -0.3 is 11.1 Å². The third-order valence-corrected chi connectivity index (χ3v) is 5.32. The Morgan fingerprint density at radius 1 is 1.04 bits per heavy atom. The summed E-state index contributed by atoms with van der Waals surface area (Å²) in [5, 5.41) is 3.53. The zero-order valence-corrected chi connectivity index (χ0v) is 16.9. The summed E-state index contributed by atoms with van der Waals surface area (Å²) in [7, 11) is 0. The average Bonchev–Trinajstić information content (AvgIpc) is 3.05. The summed E-state index contributed by atoms with van der Waals surface area (Å²) in [4.78, 5) is 4.54. The maximum atomic E-state index is 6.54. The van der Waals surface area contributed by atoms with E-state index in [4.69, 9.17) is 5.73 Å². The number of aromatic nitrogens is 2. The average molecular weight is 421 g/mol. The minimum atomic E-state index is 0.673. The monoisotopic (exact) mass is 420 g/mol. The molecule has 0 aliphatic carbocycles. The zero-order valence-electron chi connectivity index (χ0n) is 15.3. The fraction of sp³-hybridized carbons (Fsp3) is 0.136. The quantitative estimate of drug-likeness (QED) is 0.453. The van der Waals surface area contributed by atoms with Gasteiger partial charge >= 0.3 is 0 Å². The number of nitrogens with zero attached hydrogens (tertiary/aromatic N) is 2. The molecule has 2 aromatic carbocycles. The molecule has 0 bridgehead atoms. The fourth-order valence-electron chi connectivity index (χ4n) is 3.41. The van der Waals surface area contributed by atoms with Crippen molar-refractivity contribution in [3.63, 3.8) is 0 Å². The third kappa shape index (κ3) is 3.30. The lowest BCUT2D eigenvalue weighted by molar-refractivity contribution is 1.12. The van der Waals surface area contributed by atoms with Crippen molar-refractivity contribution in [2.45, 2.75) is 20.4 Å². The number of nitrogens with one attached hydrogen (secondary N) is 1. The molecule has 3 N–H and O–H groups in total. The van der Waals surface area contributed by atoms with Crippen LogP contribution in [0.15, 0.2) is 65.4 Å². The molecule has 2 heterocycles. The second-order valence-electron chi connectivity index (χ2n) is 6.75. The van der Waals surface area contributed by atoms with Gasteiger partial charge in [0, 0.05) is 12.1 Å². The largest absolute Gasteiger partial charge is 0.384 e. The van der Waals surface area contributed by atoms with E-state index in [-0.39, 0.29) is 0 Å². The lowest BCUT2D eigenvalue weighted by atomic mass is 9.98. The predicted molar refractivity (Wildman–Crippen MR) is 116 cm³/mol. The number of imidazole rings is 1. The molecule has 4 rings (SSSR count). The minimum absolute atomic E-state index is 0.673. The molecule has 136 valence electrons. The van der Waals surface area contributed by atoms with Crippen LogP contribution >= 0.6 is 15.9 Å². The normalized spacial score (nSPS) is 11.1. The van der Waals surface area contributed by atoms with Gasteiger partial charge in [-0.1, -0.05) is 54.1 Å². The molecule has 27 heavy (non-hydrogen) atoms. The number of hydrogen-bond acceptors (Lipinski definition) is 3. The first-order valence-electron chi connectivity index (χ1n) is 8.85. The van der Waals surface area contributed by atoms with Crippen LogP contribution in [0, 0.1) is 13.8 Å². The Balaban J connectivity index is 1.84. The van der Waals surface area contributed by atoms with Crippen molar-refractivity contribution >= 4 is 33.1 Å². The fourth-order valence-corrected chi connectivity index (χ4v) is 3.87. The third-order valence-electron chi connectivity index (χ3n) is 4.76. The van der Waals surface area contributed by atoms with Gasteiger partial charge in [0.05, 0.1) is 11.9 Å². The molecular formula is C22H21BrN4. The van der Waals surface area contributed by atoms with Crippen LogP contribution in [0.4, 0.5) is 11.5 Å². The van der Waals surface area contributed by atoms with Crippen LogP contribution in [0.1, 0.15) is 16.7 Å². The molecule has 4 nitrogen and oxygen atoms in total. The summed E-state index contributed by atoms with van der Waals surface area (Å²) >= 11 is 3.58. The highest BCUT2D eigenvalue weighted by atomic mass is 79.9. The number of nitrogens with two attached hydrogens (primary N) is 1. The summed E-state index contributed by atoms with van der Waals surface area (Å²) in [5.74, 6) is 0.673. The Morgan fingerprint density at radius 3 is 2.56 bits per heavy atom. The molecule has 0 spiro atoms. The maximum Gasteiger partial charge on any atom is 0.162 e. The molecular weight excluding hydrogens is 400 g/mol. The molecule has 0 fully saturated rings. The number of anilines is 2. The van der Waals surface area contributed by atoms with Crippen LogP contribution in [-0.2, 0) is 6.54 Å². The van der Waals surface area contributed by atoms with Gasteiger partial charge in [0.25, 0.3) is 0 Å². The smallest absolute Gasteiger partial charge is 0.162 e. The SMILES string of the molecule is Cc1ccc(-c2cc(NCc3ccccc3)c3ncc(Br)n3c2N)c(C)c1. The lowest BCUT2D eigenvalue weighted by Gasteiger charge is -2.16. The summed E-state index contributed by atoms with van der Waals surface area (Å²) in [6.45, 7) is 4.94. The van der Waals surface area contributed by atoms with Crippen molar-refractivity contribution in [3.05, 3.63) is 82.1 Å². The van der Waals surface area contributed by atoms with Gasteiger partial charge in [0.1, 0.15) is 10.4 Å². The molecule has 0 atom stereocenters. The highest BCUT2D eigenvalue weighted by Gasteiger charge is 2.16. The van der Waals surface area contributed by atoms with Crippen LogP contribution in [0.3, 0.4) is 0 Å². The van der Waals surface area contributed by atoms with Gasteiger partial charge in [-0.2, -0.15) is 0 Å². The number of halogens is 1. The molecule has 0 aliphatic rings. The Hall–Kier alpha value is -2.79. The van der Waals surface area contributed by atoms with E-state index < -0.39 is 0 Å². The minimum Gasteiger partial charge on any atom is -0.384 e. The highest BCUT2D eigenvalue weighted by molar-refractivity contribution is 9.10. The number of fused-ring (bicyclic) bond motifs is 1. The van der Waals surface area contributed by atoms with Gasteiger partial charge in [-0.3, -0.25) is 4.40 Å². The zero-order chi connectivity index (χ0) is 19.0. The van der Waals surface area contributed by atoms with E-state index in [0.717, 1.165) is 33.6 Å². The Morgan fingerprint density at radius 2 is 1.81 bits per heavy atom. The molecule has 4 aromatic rings. The van der Waals surface area contributed by atoms with Gasteiger partial charge in [-0.15, -0.1) is 0 Å². The molecule has 0 amide bonds. The van der Waals surface area contributed by atoms with Crippen molar-refractivity contribution in [2.75, 3.05) is 11.1 Å². The van der Waals surface area contributed by atoms with Crippen LogP contribution in [0.25, 0.3) is 16.8 Å². The first-order chi connectivity index (χ1) is 13.0. The first kappa shape index (κ1) is 17.6. The van der Waals surface area contributed by atoms with Gasteiger partial charge in [-0.05, 0) is 52.5 Å². The van der Waals surface area contributed by atoms with Crippen molar-refractivity contribution in [3.8, 4) is 11.1 Å². The molecule has 0 unspecified atom stereocenters. The highest BCUT2D eigenvalue weighted by Crippen LogP contribution is 2.35. The lowest BCUT2D eigenvalue weighted by Crippen LogP contribution is -2.06. The molecule has 0 saturated heterocycles. The van der Waals surface area contributed by atoms with Crippen LogP contribution < -0.4 is 11.1 Å². The number of hydrogen-bond donors (Lipinski definition) is 2. The van der Waals surface area contributed by atoms with E-state index in [1.54, 1.807) is 6.20 Å². The number of benzene rings is 2. The van der Waals surface area contributed by atoms with Crippen molar-refractivity contribution < 1.29 is 0 Å². The van der Waals surface area contributed by atoms with Gasteiger partial charge in [-0.25, -0.2) is 4.98 Å². The maximum absolute atomic E-state index is 6.54. The van der Waals surface area contributed by atoms with Gasteiger partial charge in [0.15, 0.2) is 5.65 Å². The van der Waals surface area contributed by atoms with E-state index in [1.807, 2.05) is 22.6 Å². The number of rotatable bonds is 4. The van der Waals surface area contributed by atoms with E-state index >= 15 is 0 Å². The van der Waals surface area contributed by atoms with E-state index in [1.165, 1.54) is 16.7 Å². The summed E-state index contributed by atoms with van der Waals surface area (Å²) in [5.41, 5.74) is 14.1. The van der Waals surface area contributed by atoms with E-state index in [9.17, 15) is 0 Å². The number of aryl methyl sites for hydroxylation is 2. The number of nitrogen functional groups attached to an aromatic ring is 1. The summed E-state index contributed by atoms with van der Waals surface area (Å²) < 4.78 is 2.78. The van der Waals surface area contributed by atoms with Crippen molar-refractivity contribution in [1.82, 2.24) is 9.38 Å². The van der Waals surface area contributed by atoms with Crippen molar-refractivity contribution in [1.29, 1.82) is 0 Å². The van der Waals surface area contributed by atoms with Crippen LogP contribution in [0.5, 0.6) is 0 Å². The summed E-state index contributed by atoms with van der Waals surface area (Å²) in [6, 6.07) is 18.9. The number of pyridine rings is 1. The molecule has 2 aromatic heterocycles. The molecule has 0 radical (unpaired) electrons. The second kappa shape index (κ2) is 7.08. The van der Waals surface area contributed by atoms with E-state index in [2.05, 4.69) is 76.5 Å². The Labute approximate surface area is 167 Å². The first-order valence-corrected chi connectivity index (χ1v) is 9.65. The summed E-state index contributed by atoms with van der Waals surface area (Å²) in [6.07, 6.45) is 1.78. The predicted octanol–water partition coefficient (Wildman–Crippen LogP) is 5.57. The molecule has 0 aliphatic heterocycles. The van der Waals surface area contributed by atoms with Gasteiger partial charge in [0.2, 0.25) is 0 Å². The van der Waals surface area contributed by atoms with Crippen molar-refractivity contribution in [2.24, 2.45) is 0 Å². The Kier molecular flexibility index (Phi) is 4.62. The second-order valence-corrected chi connectivity index (χ2v) is 7.57. The molecule has 0 saturated carbocycles. The van der Waals surface area contributed by atoms with Crippen LogP contribution in [0.2, 0.25) is 0 Å². The molecule has 5 heteroatoms. The standard InChI is InChI=1S/C22H21BrN4/c1-14-8-9-17(15(2)10-14)18-11-19(25-12-16-6-4-3-5-7-16)22-26-13-20(23)27(22)21(18)24/h3-11,13,25H,12,24H2,1-2H3. The van der Waals surface area contributed by atoms with E-state index in [0.29, 0.717) is 5.82 Å². The Bertz CT molecular complexity index is 1120. The van der Waals surface area contributed by atoms with Crippen LogP contribution in [-0.4, -0.2) is 9.38 Å². The topological polar surface area (TPSA) is 55.4 Å².